The monoisotopic (exact) mass is 831 g/mol. The first kappa shape index (κ1) is 37.7. The average Bonchev–Trinajstić information content (AvgIpc) is 3.77. The lowest BCUT2D eigenvalue weighted by Gasteiger charge is -2.27. The Balaban J connectivity index is 1.01. The number of anilines is 3. The molecule has 0 aliphatic heterocycles. The number of rotatable bonds is 8. The highest BCUT2D eigenvalue weighted by Crippen LogP contribution is 2.49. The van der Waals surface area contributed by atoms with Crippen LogP contribution in [0.25, 0.3) is 97.4 Å². The van der Waals surface area contributed by atoms with Gasteiger partial charge in [0, 0.05) is 31.5 Å². The van der Waals surface area contributed by atoms with E-state index in [-0.39, 0.29) is 0 Å². The van der Waals surface area contributed by atoms with Gasteiger partial charge in [0.15, 0.2) is 0 Å². The third kappa shape index (κ3) is 6.55. The highest BCUT2D eigenvalue weighted by Gasteiger charge is 2.22. The van der Waals surface area contributed by atoms with Crippen LogP contribution in [-0.4, -0.2) is 0 Å². The molecule has 0 bridgehead atoms. The van der Waals surface area contributed by atoms with Crippen LogP contribution < -0.4 is 4.90 Å². The summed E-state index contributed by atoms with van der Waals surface area (Å²) in [6.07, 6.45) is 0. The summed E-state index contributed by atoms with van der Waals surface area (Å²) in [6.45, 7) is 0. The van der Waals surface area contributed by atoms with Crippen molar-refractivity contribution in [2.24, 2.45) is 0 Å². The van der Waals surface area contributed by atoms with Crippen LogP contribution in [0.2, 0.25) is 0 Å². The molecule has 0 atom stereocenters. The summed E-state index contributed by atoms with van der Waals surface area (Å²) in [5.74, 6) is 0. The Bertz CT molecular complexity index is 3650. The summed E-state index contributed by atoms with van der Waals surface area (Å²) < 4.78 is 2.57. The number of benzene rings is 11. The predicted octanol–water partition coefficient (Wildman–Crippen LogP) is 18.2. The van der Waals surface area contributed by atoms with Crippen LogP contribution in [0.4, 0.5) is 17.1 Å². The summed E-state index contributed by atoms with van der Waals surface area (Å²) in [6, 6.07) is 90.9. The van der Waals surface area contributed by atoms with E-state index in [1.165, 1.54) is 97.4 Å². The predicted molar refractivity (Wildman–Crippen MR) is 276 cm³/mol. The van der Waals surface area contributed by atoms with E-state index in [9.17, 15) is 0 Å². The molecule has 0 saturated heterocycles. The fourth-order valence-electron chi connectivity index (χ4n) is 9.71. The molecule has 0 saturated carbocycles. The average molecular weight is 832 g/mol. The smallest absolute Gasteiger partial charge is 0.0555 e. The highest BCUT2D eigenvalue weighted by molar-refractivity contribution is 7.26. The van der Waals surface area contributed by atoms with Crippen LogP contribution in [0.15, 0.2) is 249 Å². The van der Waals surface area contributed by atoms with Crippen molar-refractivity contribution >= 4 is 70.1 Å². The van der Waals surface area contributed by atoms with Crippen molar-refractivity contribution in [1.82, 2.24) is 0 Å². The van der Waals surface area contributed by atoms with Crippen molar-refractivity contribution in [1.29, 1.82) is 0 Å². The van der Waals surface area contributed by atoms with Crippen LogP contribution in [0.3, 0.4) is 0 Å². The lowest BCUT2D eigenvalue weighted by Crippen LogP contribution is -2.10. The second-order valence-corrected chi connectivity index (χ2v) is 17.4. The molecule has 11 aromatic carbocycles. The van der Waals surface area contributed by atoms with Gasteiger partial charge in [-0.25, -0.2) is 0 Å². The first-order valence-corrected chi connectivity index (χ1v) is 22.7. The second-order valence-electron chi connectivity index (χ2n) is 16.4. The lowest BCUT2D eigenvalue weighted by molar-refractivity contribution is 1.30. The number of fused-ring (bicyclic) bond motifs is 5. The number of hydrogen-bond acceptors (Lipinski definition) is 2. The Morgan fingerprint density at radius 1 is 0.266 bits per heavy atom. The molecule has 0 N–H and O–H groups in total. The summed E-state index contributed by atoms with van der Waals surface area (Å²) in [5.41, 5.74) is 15.5. The molecular weight excluding hydrogens is 791 g/mol. The number of thiophene rings is 1. The van der Waals surface area contributed by atoms with E-state index in [0.29, 0.717) is 0 Å². The van der Waals surface area contributed by atoms with E-state index in [0.717, 1.165) is 17.1 Å². The van der Waals surface area contributed by atoms with E-state index >= 15 is 0 Å². The molecule has 0 spiro atoms. The highest BCUT2D eigenvalue weighted by atomic mass is 32.1. The zero-order valence-corrected chi connectivity index (χ0v) is 35.8. The Labute approximate surface area is 377 Å². The van der Waals surface area contributed by atoms with Crippen molar-refractivity contribution in [2.45, 2.75) is 0 Å². The fourth-order valence-corrected chi connectivity index (χ4v) is 11.0. The summed E-state index contributed by atoms with van der Waals surface area (Å²) >= 11 is 1.88. The Kier molecular flexibility index (Phi) is 9.43. The topological polar surface area (TPSA) is 3.24 Å². The van der Waals surface area contributed by atoms with Crippen LogP contribution in [0.1, 0.15) is 0 Å². The van der Waals surface area contributed by atoms with Gasteiger partial charge in [0.05, 0.1) is 5.69 Å². The maximum Gasteiger partial charge on any atom is 0.0555 e. The molecule has 1 nitrogen and oxygen atoms in total. The van der Waals surface area contributed by atoms with Gasteiger partial charge >= 0.3 is 0 Å². The Morgan fingerprint density at radius 2 is 0.703 bits per heavy atom. The molecule has 300 valence electrons. The Hall–Kier alpha value is -8.04. The third-order valence-corrected chi connectivity index (χ3v) is 13.9. The van der Waals surface area contributed by atoms with Gasteiger partial charge in [-0.15, -0.1) is 11.3 Å². The largest absolute Gasteiger partial charge is 0.310 e. The maximum atomic E-state index is 2.45. The quantitative estimate of drug-likeness (QED) is 0.147. The normalized spacial score (nSPS) is 11.4. The molecule has 0 fully saturated rings. The van der Waals surface area contributed by atoms with Crippen LogP contribution in [0, 0.1) is 0 Å². The van der Waals surface area contributed by atoms with Gasteiger partial charge in [-0.3, -0.25) is 0 Å². The van der Waals surface area contributed by atoms with Crippen molar-refractivity contribution in [3.63, 3.8) is 0 Å². The van der Waals surface area contributed by atoms with Gasteiger partial charge in [0.1, 0.15) is 0 Å². The first-order chi connectivity index (χ1) is 31.8. The standard InChI is InChI=1S/C62H41NS/c1-2-16-44(17-3-1)53-40-41-59(61-58-28-12-13-31-60(58)64-62(53)61)63(47-36-32-45(33-37-47)50-29-14-20-42-18-4-6-22-49(42)50)48-38-34-46(35-39-48)52-24-8-9-25-54(52)56-26-10-11-27-57(56)55-30-15-21-43-19-5-7-23-51(43)55/h1-41H. The van der Waals surface area contributed by atoms with Crippen molar-refractivity contribution in [2.75, 3.05) is 4.90 Å². The van der Waals surface area contributed by atoms with E-state index in [1.54, 1.807) is 0 Å². The molecule has 0 amide bonds. The van der Waals surface area contributed by atoms with Crippen molar-refractivity contribution in [3.8, 4) is 55.6 Å². The van der Waals surface area contributed by atoms with Gasteiger partial charge in [-0.05, 0) is 114 Å². The molecule has 0 aliphatic carbocycles. The number of hydrogen-bond donors (Lipinski definition) is 0. The third-order valence-electron chi connectivity index (χ3n) is 12.7. The van der Waals surface area contributed by atoms with Gasteiger partial charge in [-0.2, -0.15) is 0 Å². The molecule has 0 aliphatic rings. The van der Waals surface area contributed by atoms with Crippen LogP contribution in [-0.2, 0) is 0 Å². The second kappa shape index (κ2) is 16.0. The van der Waals surface area contributed by atoms with Crippen LogP contribution >= 0.6 is 11.3 Å². The first-order valence-electron chi connectivity index (χ1n) is 21.9. The van der Waals surface area contributed by atoms with E-state index in [2.05, 4.69) is 254 Å². The van der Waals surface area contributed by atoms with Crippen LogP contribution in [0.5, 0.6) is 0 Å². The lowest BCUT2D eigenvalue weighted by atomic mass is 9.88. The maximum absolute atomic E-state index is 2.45. The Morgan fingerprint density at radius 3 is 1.36 bits per heavy atom. The molecule has 0 radical (unpaired) electrons. The SMILES string of the molecule is c1ccc(-c2ccc(N(c3ccc(-c4ccccc4-c4ccccc4-c4cccc5ccccc45)cc3)c3ccc(-c4cccc5ccccc45)cc3)c3c2sc2ccccc23)cc1. The van der Waals surface area contributed by atoms with Gasteiger partial charge in [0.2, 0.25) is 0 Å². The summed E-state index contributed by atoms with van der Waals surface area (Å²) in [4.78, 5) is 2.45. The molecule has 64 heavy (non-hydrogen) atoms. The zero-order valence-electron chi connectivity index (χ0n) is 35.0. The summed E-state index contributed by atoms with van der Waals surface area (Å²) in [7, 11) is 0. The van der Waals surface area contributed by atoms with Gasteiger partial charge < -0.3 is 4.90 Å². The van der Waals surface area contributed by atoms with E-state index in [4.69, 9.17) is 0 Å². The molecular formula is C62H41NS. The van der Waals surface area contributed by atoms with E-state index in [1.807, 2.05) is 11.3 Å². The molecule has 0 unspecified atom stereocenters. The minimum Gasteiger partial charge on any atom is -0.310 e. The van der Waals surface area contributed by atoms with Crippen molar-refractivity contribution in [3.05, 3.63) is 249 Å². The van der Waals surface area contributed by atoms with Crippen molar-refractivity contribution < 1.29 is 0 Å². The molecule has 1 aromatic heterocycles. The van der Waals surface area contributed by atoms with Gasteiger partial charge in [0.25, 0.3) is 0 Å². The number of nitrogens with zero attached hydrogens (tertiary/aromatic N) is 1. The fraction of sp³-hybridized carbons (Fsp3) is 0. The summed E-state index contributed by atoms with van der Waals surface area (Å²) in [5, 5.41) is 7.54. The molecule has 12 aromatic rings. The van der Waals surface area contributed by atoms with Gasteiger partial charge in [-0.1, -0.05) is 212 Å². The molecule has 12 rings (SSSR count). The zero-order chi connectivity index (χ0) is 42.4. The minimum absolute atomic E-state index is 1.10. The van der Waals surface area contributed by atoms with E-state index < -0.39 is 0 Å². The molecule has 1 heterocycles. The minimum atomic E-state index is 1.10. The molecule has 2 heteroatoms.